The molecule has 0 aromatic carbocycles. The van der Waals surface area contributed by atoms with Crippen LogP contribution < -0.4 is 5.73 Å². The zero-order valence-electron chi connectivity index (χ0n) is 9.26. The summed E-state index contributed by atoms with van der Waals surface area (Å²) >= 11 is 0. The molecule has 0 spiro atoms. The Kier molecular flexibility index (Phi) is 4.79. The van der Waals surface area contributed by atoms with Crippen LogP contribution in [0.15, 0.2) is 0 Å². The van der Waals surface area contributed by atoms with Crippen molar-refractivity contribution in [1.82, 2.24) is 0 Å². The Morgan fingerprint density at radius 3 is 2.62 bits per heavy atom. The van der Waals surface area contributed by atoms with E-state index >= 15 is 0 Å². The zero-order chi connectivity index (χ0) is 9.68. The highest BCUT2D eigenvalue weighted by atomic mass is 14.6. The predicted octanol–water partition coefficient (Wildman–Crippen LogP) is 3.19. The van der Waals surface area contributed by atoms with E-state index in [0.29, 0.717) is 0 Å². The van der Waals surface area contributed by atoms with Crippen LogP contribution in [-0.4, -0.2) is 6.54 Å². The monoisotopic (exact) mass is 183 g/mol. The van der Waals surface area contributed by atoms with Crippen LogP contribution in [0, 0.1) is 17.8 Å². The minimum atomic E-state index is 0.847. The summed E-state index contributed by atoms with van der Waals surface area (Å²) in [6, 6.07) is 0. The smallest absolute Gasteiger partial charge is 0.00462 e. The van der Waals surface area contributed by atoms with Crippen LogP contribution in [0.25, 0.3) is 0 Å². The maximum Gasteiger partial charge on any atom is -0.00462 e. The molecule has 1 saturated carbocycles. The first-order chi connectivity index (χ1) is 6.27. The molecule has 1 fully saturated rings. The summed E-state index contributed by atoms with van der Waals surface area (Å²) in [5, 5.41) is 0. The number of nitrogens with two attached hydrogens (primary N) is 1. The second-order valence-electron chi connectivity index (χ2n) is 4.82. The summed E-state index contributed by atoms with van der Waals surface area (Å²) in [4.78, 5) is 0. The van der Waals surface area contributed by atoms with Gasteiger partial charge in [0.25, 0.3) is 0 Å². The van der Waals surface area contributed by atoms with Gasteiger partial charge in [-0.05, 0) is 37.1 Å². The van der Waals surface area contributed by atoms with Crippen molar-refractivity contribution in [3.8, 4) is 0 Å². The molecule has 13 heavy (non-hydrogen) atoms. The van der Waals surface area contributed by atoms with Gasteiger partial charge in [0.05, 0.1) is 0 Å². The van der Waals surface area contributed by atoms with E-state index in [1.54, 1.807) is 0 Å². The molecule has 3 atom stereocenters. The average Bonchev–Trinajstić information content (AvgIpc) is 2.52. The van der Waals surface area contributed by atoms with Crippen molar-refractivity contribution in [3.05, 3.63) is 0 Å². The van der Waals surface area contributed by atoms with Crippen LogP contribution >= 0.6 is 0 Å². The molecular weight excluding hydrogens is 158 g/mol. The summed E-state index contributed by atoms with van der Waals surface area (Å²) in [7, 11) is 0. The van der Waals surface area contributed by atoms with Gasteiger partial charge in [-0.1, -0.05) is 39.5 Å². The molecular formula is C12H25N. The molecule has 1 rings (SSSR count). The Morgan fingerprint density at radius 2 is 2.00 bits per heavy atom. The fraction of sp³-hybridized carbons (Fsp3) is 1.00. The normalized spacial score (nSPS) is 30.7. The molecule has 3 unspecified atom stereocenters. The SMILES string of the molecule is CCCC(C)CC1CCCC1CN. The third kappa shape index (κ3) is 3.30. The zero-order valence-corrected chi connectivity index (χ0v) is 9.26. The molecule has 1 aliphatic carbocycles. The van der Waals surface area contributed by atoms with Gasteiger partial charge in [-0.15, -0.1) is 0 Å². The molecule has 0 aromatic heterocycles. The lowest BCUT2D eigenvalue weighted by atomic mass is 9.86. The fourth-order valence-electron chi connectivity index (χ4n) is 2.86. The Balaban J connectivity index is 2.26. The van der Waals surface area contributed by atoms with Crippen molar-refractivity contribution in [2.75, 3.05) is 6.54 Å². The first-order valence-corrected chi connectivity index (χ1v) is 5.98. The van der Waals surface area contributed by atoms with Crippen molar-refractivity contribution in [1.29, 1.82) is 0 Å². The summed E-state index contributed by atoms with van der Waals surface area (Å²) in [6.45, 7) is 5.60. The van der Waals surface area contributed by atoms with Crippen LogP contribution in [0.4, 0.5) is 0 Å². The van der Waals surface area contributed by atoms with Crippen molar-refractivity contribution >= 4 is 0 Å². The largest absolute Gasteiger partial charge is 0.330 e. The summed E-state index contributed by atoms with van der Waals surface area (Å²) in [5.41, 5.74) is 5.77. The van der Waals surface area contributed by atoms with Crippen LogP contribution in [0.5, 0.6) is 0 Å². The first kappa shape index (κ1) is 11.0. The lowest BCUT2D eigenvalue weighted by Gasteiger charge is -2.21. The Labute approximate surface area is 83.1 Å². The topological polar surface area (TPSA) is 26.0 Å². The van der Waals surface area contributed by atoms with E-state index in [-0.39, 0.29) is 0 Å². The van der Waals surface area contributed by atoms with Crippen LogP contribution in [0.1, 0.15) is 52.4 Å². The van der Waals surface area contributed by atoms with Crippen LogP contribution in [0.3, 0.4) is 0 Å². The molecule has 0 heterocycles. The van der Waals surface area contributed by atoms with E-state index in [1.165, 1.54) is 38.5 Å². The first-order valence-electron chi connectivity index (χ1n) is 5.98. The molecule has 0 amide bonds. The van der Waals surface area contributed by atoms with E-state index in [0.717, 1.165) is 24.3 Å². The summed E-state index contributed by atoms with van der Waals surface area (Å²) < 4.78 is 0. The minimum absolute atomic E-state index is 0.847. The molecule has 0 saturated heterocycles. The Hall–Kier alpha value is -0.0400. The van der Waals surface area contributed by atoms with E-state index < -0.39 is 0 Å². The highest BCUT2D eigenvalue weighted by Crippen LogP contribution is 2.36. The van der Waals surface area contributed by atoms with Gasteiger partial charge in [0.2, 0.25) is 0 Å². The lowest BCUT2D eigenvalue weighted by Crippen LogP contribution is -2.20. The summed E-state index contributed by atoms with van der Waals surface area (Å²) in [6.07, 6.45) is 8.41. The standard InChI is InChI=1S/C12H25N/c1-3-5-10(2)8-11-6-4-7-12(11)9-13/h10-12H,3-9,13H2,1-2H3. The lowest BCUT2D eigenvalue weighted by molar-refractivity contribution is 0.308. The molecule has 0 radical (unpaired) electrons. The number of hydrogen-bond donors (Lipinski definition) is 1. The third-order valence-electron chi connectivity index (χ3n) is 3.61. The van der Waals surface area contributed by atoms with Crippen molar-refractivity contribution in [3.63, 3.8) is 0 Å². The quantitative estimate of drug-likeness (QED) is 0.696. The van der Waals surface area contributed by atoms with Gasteiger partial charge >= 0.3 is 0 Å². The van der Waals surface area contributed by atoms with Crippen molar-refractivity contribution in [2.45, 2.75) is 52.4 Å². The van der Waals surface area contributed by atoms with Gasteiger partial charge in [-0.25, -0.2) is 0 Å². The van der Waals surface area contributed by atoms with Gasteiger partial charge in [0.15, 0.2) is 0 Å². The van der Waals surface area contributed by atoms with Gasteiger partial charge < -0.3 is 5.73 Å². The molecule has 0 bridgehead atoms. The van der Waals surface area contributed by atoms with Crippen molar-refractivity contribution in [2.24, 2.45) is 23.5 Å². The molecule has 1 heteroatoms. The van der Waals surface area contributed by atoms with E-state index in [9.17, 15) is 0 Å². The maximum absolute atomic E-state index is 5.77. The molecule has 0 aliphatic heterocycles. The Bertz CT molecular complexity index is 133. The third-order valence-corrected chi connectivity index (χ3v) is 3.61. The van der Waals surface area contributed by atoms with Crippen LogP contribution in [-0.2, 0) is 0 Å². The molecule has 78 valence electrons. The number of rotatable bonds is 5. The van der Waals surface area contributed by atoms with Crippen molar-refractivity contribution < 1.29 is 0 Å². The van der Waals surface area contributed by atoms with E-state index in [2.05, 4.69) is 13.8 Å². The van der Waals surface area contributed by atoms with Gasteiger partial charge in [0, 0.05) is 0 Å². The fourth-order valence-corrected chi connectivity index (χ4v) is 2.86. The van der Waals surface area contributed by atoms with Crippen LogP contribution in [0.2, 0.25) is 0 Å². The maximum atomic E-state index is 5.77. The minimum Gasteiger partial charge on any atom is -0.330 e. The van der Waals surface area contributed by atoms with Gasteiger partial charge in [-0.2, -0.15) is 0 Å². The highest BCUT2D eigenvalue weighted by molar-refractivity contribution is 4.79. The summed E-state index contributed by atoms with van der Waals surface area (Å²) in [5.74, 6) is 2.72. The predicted molar refractivity (Wildman–Crippen MR) is 58.6 cm³/mol. The second kappa shape index (κ2) is 5.64. The average molecular weight is 183 g/mol. The second-order valence-corrected chi connectivity index (χ2v) is 4.82. The number of hydrogen-bond acceptors (Lipinski definition) is 1. The Morgan fingerprint density at radius 1 is 1.31 bits per heavy atom. The molecule has 2 N–H and O–H groups in total. The van der Waals surface area contributed by atoms with Gasteiger partial charge in [-0.3, -0.25) is 0 Å². The van der Waals surface area contributed by atoms with E-state index in [4.69, 9.17) is 5.73 Å². The molecule has 0 aromatic rings. The molecule has 1 nitrogen and oxygen atoms in total. The van der Waals surface area contributed by atoms with E-state index in [1.807, 2.05) is 0 Å². The molecule has 1 aliphatic rings. The highest BCUT2D eigenvalue weighted by Gasteiger charge is 2.26. The van der Waals surface area contributed by atoms with Gasteiger partial charge in [0.1, 0.15) is 0 Å².